The van der Waals surface area contributed by atoms with Crippen molar-refractivity contribution in [3.63, 3.8) is 0 Å². The number of rotatable bonds is 2. The molecule has 2 rings (SSSR count). The molecular weight excluding hydrogens is 244 g/mol. The van der Waals surface area contributed by atoms with Crippen LogP contribution in [0.3, 0.4) is 0 Å². The highest BCUT2D eigenvalue weighted by atomic mass is 79.9. The van der Waals surface area contributed by atoms with E-state index in [1.54, 1.807) is 7.11 Å². The van der Waals surface area contributed by atoms with E-state index >= 15 is 0 Å². The Balaban J connectivity index is 2.51. The van der Waals surface area contributed by atoms with Gasteiger partial charge in [-0.15, -0.1) is 0 Å². The molecule has 0 spiro atoms. The number of hydrogen-bond donors (Lipinski definition) is 0. The highest BCUT2D eigenvalue weighted by molar-refractivity contribution is 9.10. The Morgan fingerprint density at radius 3 is 2.93 bits per heavy atom. The molecule has 0 amide bonds. The molecule has 3 nitrogen and oxygen atoms in total. The fraction of sp³-hybridized carbons (Fsp3) is 0.300. The van der Waals surface area contributed by atoms with E-state index in [0.29, 0.717) is 0 Å². The molecule has 2 heterocycles. The van der Waals surface area contributed by atoms with Crippen LogP contribution < -0.4 is 0 Å². The zero-order chi connectivity index (χ0) is 10.1. The molecule has 0 N–H and O–H groups in total. The molecule has 2 aromatic rings. The fourth-order valence-electron chi connectivity index (χ4n) is 1.30. The predicted molar refractivity (Wildman–Crippen MR) is 58.3 cm³/mol. The number of imidazole rings is 1. The van der Waals surface area contributed by atoms with Crippen LogP contribution in [0, 0.1) is 0 Å². The van der Waals surface area contributed by atoms with E-state index in [2.05, 4.69) is 20.9 Å². The summed E-state index contributed by atoms with van der Waals surface area (Å²) in [5.74, 6) is 0. The molecule has 4 heteroatoms. The van der Waals surface area contributed by atoms with Gasteiger partial charge in [0.25, 0.3) is 0 Å². The van der Waals surface area contributed by atoms with Crippen molar-refractivity contribution in [3.05, 3.63) is 34.7 Å². The first-order chi connectivity index (χ1) is 6.70. The average molecular weight is 255 g/mol. The first-order valence-electron chi connectivity index (χ1n) is 4.37. The van der Waals surface area contributed by atoms with Crippen LogP contribution in [-0.2, 0) is 4.74 Å². The van der Waals surface area contributed by atoms with Crippen molar-refractivity contribution < 1.29 is 4.74 Å². The van der Waals surface area contributed by atoms with E-state index in [9.17, 15) is 0 Å². The van der Waals surface area contributed by atoms with E-state index in [-0.39, 0.29) is 6.10 Å². The van der Waals surface area contributed by atoms with E-state index in [1.807, 2.05) is 35.9 Å². The molecule has 2 aromatic heterocycles. The Bertz CT molecular complexity index is 452. The van der Waals surface area contributed by atoms with Crippen LogP contribution in [0.15, 0.2) is 29.0 Å². The van der Waals surface area contributed by atoms with Gasteiger partial charge in [0, 0.05) is 24.0 Å². The van der Waals surface area contributed by atoms with Crippen LogP contribution in [0.1, 0.15) is 18.7 Å². The van der Waals surface area contributed by atoms with Gasteiger partial charge in [-0.2, -0.15) is 0 Å². The summed E-state index contributed by atoms with van der Waals surface area (Å²) in [5, 5.41) is 0. The Hall–Kier alpha value is -0.870. The van der Waals surface area contributed by atoms with Crippen LogP contribution in [0.5, 0.6) is 0 Å². The highest BCUT2D eigenvalue weighted by Gasteiger charge is 2.08. The summed E-state index contributed by atoms with van der Waals surface area (Å²) in [7, 11) is 1.69. The molecule has 1 unspecified atom stereocenters. The van der Waals surface area contributed by atoms with Gasteiger partial charge in [0.2, 0.25) is 0 Å². The maximum atomic E-state index is 5.21. The molecule has 0 aliphatic heterocycles. The van der Waals surface area contributed by atoms with E-state index < -0.39 is 0 Å². The summed E-state index contributed by atoms with van der Waals surface area (Å²) in [6.07, 6.45) is 4.00. The van der Waals surface area contributed by atoms with Crippen LogP contribution >= 0.6 is 15.9 Å². The number of pyridine rings is 1. The Labute approximate surface area is 90.8 Å². The van der Waals surface area contributed by atoms with Crippen molar-refractivity contribution in [1.29, 1.82) is 0 Å². The quantitative estimate of drug-likeness (QED) is 0.824. The molecular formula is C10H11BrN2O. The van der Waals surface area contributed by atoms with Crippen molar-refractivity contribution in [2.24, 2.45) is 0 Å². The lowest BCUT2D eigenvalue weighted by Gasteiger charge is -2.03. The number of ether oxygens (including phenoxy) is 1. The molecule has 0 bridgehead atoms. The van der Waals surface area contributed by atoms with Crippen LogP contribution in [0.2, 0.25) is 0 Å². The molecule has 0 aliphatic carbocycles. The van der Waals surface area contributed by atoms with Crippen molar-refractivity contribution in [2.45, 2.75) is 13.0 Å². The summed E-state index contributed by atoms with van der Waals surface area (Å²) in [5.41, 5.74) is 1.89. The average Bonchev–Trinajstić information content (AvgIpc) is 2.59. The van der Waals surface area contributed by atoms with Crippen LogP contribution in [-0.4, -0.2) is 16.5 Å². The topological polar surface area (TPSA) is 26.5 Å². The molecule has 0 saturated carbocycles. The largest absolute Gasteiger partial charge is 0.375 e. The minimum absolute atomic E-state index is 0.0358. The molecule has 14 heavy (non-hydrogen) atoms. The maximum Gasteiger partial charge on any atom is 0.137 e. The lowest BCUT2D eigenvalue weighted by atomic mass is 10.3. The van der Waals surface area contributed by atoms with Gasteiger partial charge in [0.15, 0.2) is 0 Å². The van der Waals surface area contributed by atoms with Crippen molar-refractivity contribution in [1.82, 2.24) is 9.38 Å². The monoisotopic (exact) mass is 254 g/mol. The van der Waals surface area contributed by atoms with Crippen molar-refractivity contribution in [2.75, 3.05) is 7.11 Å². The fourth-order valence-corrected chi connectivity index (χ4v) is 1.65. The smallest absolute Gasteiger partial charge is 0.137 e. The van der Waals surface area contributed by atoms with Gasteiger partial charge in [-0.3, -0.25) is 0 Å². The first kappa shape index (κ1) is 9.68. The third kappa shape index (κ3) is 1.67. The molecule has 0 aliphatic rings. The van der Waals surface area contributed by atoms with Crippen molar-refractivity contribution in [3.8, 4) is 0 Å². The summed E-state index contributed by atoms with van der Waals surface area (Å²) < 4.78 is 8.23. The minimum atomic E-state index is 0.0358. The SMILES string of the molecule is COC(C)c1cn2cc(Br)ccc2n1. The lowest BCUT2D eigenvalue weighted by Crippen LogP contribution is -1.94. The van der Waals surface area contributed by atoms with Gasteiger partial charge >= 0.3 is 0 Å². The summed E-state index contributed by atoms with van der Waals surface area (Å²) in [4.78, 5) is 4.44. The Morgan fingerprint density at radius 1 is 1.43 bits per heavy atom. The van der Waals surface area contributed by atoms with Gasteiger partial charge in [0.1, 0.15) is 5.65 Å². The van der Waals surface area contributed by atoms with Gasteiger partial charge in [-0.1, -0.05) is 0 Å². The molecule has 0 saturated heterocycles. The van der Waals surface area contributed by atoms with Crippen LogP contribution in [0.25, 0.3) is 5.65 Å². The Morgan fingerprint density at radius 2 is 2.21 bits per heavy atom. The number of nitrogens with zero attached hydrogens (tertiary/aromatic N) is 2. The van der Waals surface area contributed by atoms with E-state index in [0.717, 1.165) is 15.8 Å². The lowest BCUT2D eigenvalue weighted by molar-refractivity contribution is 0.116. The minimum Gasteiger partial charge on any atom is -0.375 e. The van der Waals surface area contributed by atoms with Gasteiger partial charge in [-0.25, -0.2) is 4.98 Å². The van der Waals surface area contributed by atoms with Gasteiger partial charge in [0.05, 0.1) is 11.8 Å². The normalized spacial score (nSPS) is 13.4. The highest BCUT2D eigenvalue weighted by Crippen LogP contribution is 2.17. The zero-order valence-electron chi connectivity index (χ0n) is 8.07. The summed E-state index contributed by atoms with van der Waals surface area (Å²) >= 11 is 3.42. The predicted octanol–water partition coefficient (Wildman–Crippen LogP) is 2.80. The molecule has 0 fully saturated rings. The number of aromatic nitrogens is 2. The second-order valence-corrected chi connectivity index (χ2v) is 4.07. The van der Waals surface area contributed by atoms with Gasteiger partial charge < -0.3 is 9.14 Å². The first-order valence-corrected chi connectivity index (χ1v) is 5.17. The second-order valence-electron chi connectivity index (χ2n) is 3.16. The molecule has 1 atom stereocenters. The zero-order valence-corrected chi connectivity index (χ0v) is 9.65. The van der Waals surface area contributed by atoms with Crippen LogP contribution in [0.4, 0.5) is 0 Å². The number of hydrogen-bond acceptors (Lipinski definition) is 2. The summed E-state index contributed by atoms with van der Waals surface area (Å²) in [6.45, 7) is 1.98. The third-order valence-electron chi connectivity index (χ3n) is 2.20. The van der Waals surface area contributed by atoms with E-state index in [4.69, 9.17) is 4.74 Å². The van der Waals surface area contributed by atoms with E-state index in [1.165, 1.54) is 0 Å². The second kappa shape index (κ2) is 3.71. The standard InChI is InChI=1S/C10H11BrN2O/c1-7(14-2)9-6-13-5-8(11)3-4-10(13)12-9/h3-7H,1-2H3. The molecule has 74 valence electrons. The summed E-state index contributed by atoms with van der Waals surface area (Å²) in [6, 6.07) is 3.94. The molecule has 0 radical (unpaired) electrons. The number of methoxy groups -OCH3 is 1. The third-order valence-corrected chi connectivity index (χ3v) is 2.67. The molecule has 0 aromatic carbocycles. The number of halogens is 1. The van der Waals surface area contributed by atoms with Gasteiger partial charge in [-0.05, 0) is 35.0 Å². The number of fused-ring (bicyclic) bond motifs is 1. The Kier molecular flexibility index (Phi) is 2.56. The maximum absolute atomic E-state index is 5.21. The van der Waals surface area contributed by atoms with Crippen molar-refractivity contribution >= 4 is 21.6 Å².